The van der Waals surface area contributed by atoms with E-state index in [-0.39, 0.29) is 31.9 Å². The smallest absolute Gasteiger partial charge is 0.328 e. The highest BCUT2D eigenvalue weighted by molar-refractivity contribution is 5.94. The van der Waals surface area contributed by atoms with E-state index in [9.17, 15) is 29.1 Å². The van der Waals surface area contributed by atoms with E-state index in [1.54, 1.807) is 0 Å². The van der Waals surface area contributed by atoms with Crippen molar-refractivity contribution < 1.29 is 39.3 Å². The number of guanidine groups is 1. The topological polar surface area (TPSA) is 264 Å². The lowest BCUT2D eigenvalue weighted by atomic mass is 10.1. The normalized spacial score (nSPS) is 18.6. The van der Waals surface area contributed by atoms with Gasteiger partial charge in [-0.25, -0.2) is 4.79 Å². The molecule has 0 aromatic rings. The zero-order valence-corrected chi connectivity index (χ0v) is 19.6. The number of hydrogen-bond acceptors (Lipinski definition) is 8. The second-order valence-electron chi connectivity index (χ2n) is 8.30. The van der Waals surface area contributed by atoms with Crippen molar-refractivity contribution >= 4 is 35.6 Å². The SMILES string of the molecule is CC(O)C(NC(=O)C(CCC(=O)O)NC(=O)C1CCCN1C(=O)C(N)CCCN=C(N)N)C(=O)O. The first kappa shape index (κ1) is 29.6. The molecule has 0 aromatic carbocycles. The molecule has 1 rings (SSSR count). The van der Waals surface area contributed by atoms with Gasteiger partial charge in [0.15, 0.2) is 12.0 Å². The summed E-state index contributed by atoms with van der Waals surface area (Å²) in [5, 5.41) is 32.2. The van der Waals surface area contributed by atoms with Crippen LogP contribution in [0.25, 0.3) is 0 Å². The first-order chi connectivity index (χ1) is 16.3. The molecule has 1 fully saturated rings. The van der Waals surface area contributed by atoms with Gasteiger partial charge in [0.1, 0.15) is 12.1 Å². The Kier molecular flexibility index (Phi) is 11.9. The molecule has 1 aliphatic rings. The summed E-state index contributed by atoms with van der Waals surface area (Å²) in [5.74, 6) is -4.94. The van der Waals surface area contributed by atoms with Crippen molar-refractivity contribution in [2.45, 2.75) is 75.7 Å². The van der Waals surface area contributed by atoms with Gasteiger partial charge in [-0.05, 0) is 39.0 Å². The van der Waals surface area contributed by atoms with E-state index >= 15 is 0 Å². The van der Waals surface area contributed by atoms with Crippen LogP contribution < -0.4 is 27.8 Å². The van der Waals surface area contributed by atoms with E-state index in [1.807, 2.05) is 0 Å². The van der Waals surface area contributed by atoms with E-state index < -0.39 is 66.4 Å². The van der Waals surface area contributed by atoms with Crippen molar-refractivity contribution in [1.82, 2.24) is 15.5 Å². The monoisotopic (exact) mass is 501 g/mol. The number of aliphatic carboxylic acids is 2. The quantitative estimate of drug-likeness (QED) is 0.0662. The van der Waals surface area contributed by atoms with Crippen molar-refractivity contribution in [1.29, 1.82) is 0 Å². The van der Waals surface area contributed by atoms with E-state index in [4.69, 9.17) is 27.4 Å². The Morgan fingerprint density at radius 3 is 2.31 bits per heavy atom. The maximum absolute atomic E-state index is 12.9. The van der Waals surface area contributed by atoms with E-state index in [2.05, 4.69) is 15.6 Å². The Labute approximate surface area is 202 Å². The zero-order valence-electron chi connectivity index (χ0n) is 19.6. The molecule has 198 valence electrons. The average Bonchev–Trinajstić information content (AvgIpc) is 3.26. The zero-order chi connectivity index (χ0) is 26.7. The Hall–Kier alpha value is -3.46. The van der Waals surface area contributed by atoms with E-state index in [1.165, 1.54) is 4.90 Å². The number of nitrogens with one attached hydrogen (secondary N) is 2. The molecular formula is C20H35N7O8. The van der Waals surface area contributed by atoms with Gasteiger partial charge < -0.3 is 48.1 Å². The molecule has 1 saturated heterocycles. The van der Waals surface area contributed by atoms with Gasteiger partial charge in [-0.2, -0.15) is 0 Å². The number of aliphatic hydroxyl groups is 1. The van der Waals surface area contributed by atoms with Crippen LogP contribution in [0.5, 0.6) is 0 Å². The molecule has 15 nitrogen and oxygen atoms in total. The van der Waals surface area contributed by atoms with Gasteiger partial charge >= 0.3 is 11.9 Å². The van der Waals surface area contributed by atoms with Crippen LogP contribution in [-0.4, -0.2) is 99.2 Å². The molecule has 5 unspecified atom stereocenters. The highest BCUT2D eigenvalue weighted by atomic mass is 16.4. The van der Waals surface area contributed by atoms with Crippen LogP contribution in [0.15, 0.2) is 4.99 Å². The van der Waals surface area contributed by atoms with Gasteiger partial charge in [0.2, 0.25) is 17.7 Å². The van der Waals surface area contributed by atoms with Crippen molar-refractivity contribution in [3.8, 4) is 0 Å². The predicted molar refractivity (Wildman–Crippen MR) is 123 cm³/mol. The summed E-state index contributed by atoms with van der Waals surface area (Å²) in [4.78, 5) is 65.8. The number of carbonyl (C=O) groups excluding carboxylic acids is 3. The van der Waals surface area contributed by atoms with Crippen molar-refractivity contribution in [2.75, 3.05) is 13.1 Å². The molecule has 35 heavy (non-hydrogen) atoms. The molecule has 0 aromatic heterocycles. The minimum absolute atomic E-state index is 0.0780. The molecule has 3 amide bonds. The Morgan fingerprint density at radius 1 is 1.11 bits per heavy atom. The fraction of sp³-hybridized carbons (Fsp3) is 0.700. The van der Waals surface area contributed by atoms with Gasteiger partial charge in [-0.1, -0.05) is 0 Å². The highest BCUT2D eigenvalue weighted by Gasteiger charge is 2.38. The van der Waals surface area contributed by atoms with Crippen molar-refractivity contribution in [3.63, 3.8) is 0 Å². The van der Waals surface area contributed by atoms with Gasteiger partial charge in [-0.15, -0.1) is 0 Å². The van der Waals surface area contributed by atoms with Crippen LogP contribution >= 0.6 is 0 Å². The second kappa shape index (κ2) is 14.1. The molecular weight excluding hydrogens is 466 g/mol. The molecule has 1 heterocycles. The predicted octanol–water partition coefficient (Wildman–Crippen LogP) is -3.34. The van der Waals surface area contributed by atoms with Gasteiger partial charge in [0, 0.05) is 19.5 Å². The third-order valence-corrected chi connectivity index (χ3v) is 5.45. The number of aliphatic imine (C=N–C) groups is 1. The summed E-state index contributed by atoms with van der Waals surface area (Å²) >= 11 is 0. The average molecular weight is 502 g/mol. The number of aliphatic hydroxyl groups excluding tert-OH is 1. The number of carboxylic acid groups (broad SMARTS) is 2. The summed E-state index contributed by atoms with van der Waals surface area (Å²) in [6.07, 6.45) is -0.718. The third-order valence-electron chi connectivity index (χ3n) is 5.45. The molecule has 11 N–H and O–H groups in total. The van der Waals surface area contributed by atoms with Crippen LogP contribution in [0.2, 0.25) is 0 Å². The number of carboxylic acids is 2. The van der Waals surface area contributed by atoms with Gasteiger partial charge in [-0.3, -0.25) is 24.2 Å². The minimum atomic E-state index is -1.66. The lowest BCUT2D eigenvalue weighted by Crippen LogP contribution is -2.58. The summed E-state index contributed by atoms with van der Waals surface area (Å²) < 4.78 is 0. The Morgan fingerprint density at radius 2 is 1.77 bits per heavy atom. The molecule has 5 atom stereocenters. The molecule has 0 radical (unpaired) electrons. The van der Waals surface area contributed by atoms with E-state index in [0.717, 1.165) is 6.92 Å². The van der Waals surface area contributed by atoms with Gasteiger partial charge in [0.05, 0.1) is 12.1 Å². The summed E-state index contributed by atoms with van der Waals surface area (Å²) in [6, 6.07) is -4.89. The fourth-order valence-corrected chi connectivity index (χ4v) is 3.61. The van der Waals surface area contributed by atoms with Crippen LogP contribution in [0, 0.1) is 0 Å². The number of likely N-dealkylation sites (tertiary alicyclic amines) is 1. The fourth-order valence-electron chi connectivity index (χ4n) is 3.61. The molecule has 0 spiro atoms. The number of amides is 3. The van der Waals surface area contributed by atoms with Crippen molar-refractivity contribution in [2.24, 2.45) is 22.2 Å². The number of nitrogens with zero attached hydrogens (tertiary/aromatic N) is 2. The second-order valence-corrected chi connectivity index (χ2v) is 8.30. The van der Waals surface area contributed by atoms with Crippen molar-refractivity contribution in [3.05, 3.63) is 0 Å². The number of carbonyl (C=O) groups is 5. The Balaban J connectivity index is 2.87. The lowest BCUT2D eigenvalue weighted by Gasteiger charge is -2.28. The minimum Gasteiger partial charge on any atom is -0.481 e. The standard InChI is InChI=1S/C20H35N7O8/c1-10(28)15(19(34)35)26-16(31)12(6-7-14(29)30)25-17(32)13-5-3-9-27(13)18(33)11(21)4-2-8-24-20(22)23/h10-13,15,28H,2-9,21H2,1H3,(H,25,32)(H,26,31)(H,29,30)(H,34,35)(H4,22,23,24). The van der Waals surface area contributed by atoms with Gasteiger partial charge in [0.25, 0.3) is 0 Å². The third kappa shape index (κ3) is 9.74. The maximum Gasteiger partial charge on any atom is 0.328 e. The number of hydrogen-bond donors (Lipinski definition) is 8. The maximum atomic E-state index is 12.9. The lowest BCUT2D eigenvalue weighted by molar-refractivity contribution is -0.146. The first-order valence-corrected chi connectivity index (χ1v) is 11.2. The molecule has 1 aliphatic heterocycles. The molecule has 0 saturated carbocycles. The molecule has 15 heteroatoms. The summed E-state index contributed by atoms with van der Waals surface area (Å²) in [5.41, 5.74) is 16.5. The Bertz CT molecular complexity index is 815. The molecule has 0 aliphatic carbocycles. The highest BCUT2D eigenvalue weighted by Crippen LogP contribution is 2.19. The van der Waals surface area contributed by atoms with E-state index in [0.29, 0.717) is 19.3 Å². The number of rotatable bonds is 14. The van der Waals surface area contributed by atoms with Crippen LogP contribution in [0.3, 0.4) is 0 Å². The van der Waals surface area contributed by atoms with Crippen LogP contribution in [0.1, 0.15) is 45.4 Å². The first-order valence-electron chi connectivity index (χ1n) is 11.2. The number of nitrogens with two attached hydrogens (primary N) is 3. The van der Waals surface area contributed by atoms with Crippen LogP contribution in [0.4, 0.5) is 0 Å². The molecule has 0 bridgehead atoms. The summed E-state index contributed by atoms with van der Waals surface area (Å²) in [6.45, 7) is 1.72. The summed E-state index contributed by atoms with van der Waals surface area (Å²) in [7, 11) is 0. The largest absolute Gasteiger partial charge is 0.481 e. The van der Waals surface area contributed by atoms with Crippen LogP contribution in [-0.2, 0) is 24.0 Å².